The summed E-state index contributed by atoms with van der Waals surface area (Å²) in [7, 11) is 1.61. The minimum Gasteiger partial charge on any atom is -0.493 e. The lowest BCUT2D eigenvalue weighted by atomic mass is 10.1. The Morgan fingerprint density at radius 3 is 2.28 bits per heavy atom. The number of amides is 1. The smallest absolute Gasteiger partial charge is 0.261 e. The Labute approximate surface area is 190 Å². The van der Waals surface area contributed by atoms with Crippen LogP contribution in [0.5, 0.6) is 17.2 Å². The van der Waals surface area contributed by atoms with Crippen molar-refractivity contribution in [3.05, 3.63) is 78.4 Å². The van der Waals surface area contributed by atoms with Crippen molar-refractivity contribution >= 4 is 5.91 Å². The second-order valence-electron chi connectivity index (χ2n) is 7.46. The topological polar surface area (TPSA) is 56.8 Å². The number of carbonyl (C=O) groups is 1. The number of methoxy groups -OCH3 is 1. The molecule has 1 atom stereocenters. The van der Waals surface area contributed by atoms with Crippen molar-refractivity contribution in [2.45, 2.75) is 39.3 Å². The maximum absolute atomic E-state index is 12.7. The zero-order valence-corrected chi connectivity index (χ0v) is 19.0. The van der Waals surface area contributed by atoms with E-state index < -0.39 is 6.10 Å². The molecule has 3 aromatic carbocycles. The van der Waals surface area contributed by atoms with Crippen LogP contribution in [-0.2, 0) is 11.3 Å². The van der Waals surface area contributed by atoms with E-state index in [1.54, 1.807) is 7.11 Å². The van der Waals surface area contributed by atoms with Crippen LogP contribution in [0.25, 0.3) is 11.1 Å². The van der Waals surface area contributed by atoms with E-state index in [-0.39, 0.29) is 5.91 Å². The van der Waals surface area contributed by atoms with Gasteiger partial charge < -0.3 is 19.5 Å². The van der Waals surface area contributed by atoms with Crippen molar-refractivity contribution in [1.82, 2.24) is 5.32 Å². The predicted molar refractivity (Wildman–Crippen MR) is 127 cm³/mol. The Hall–Kier alpha value is -3.47. The number of ether oxygens (including phenoxy) is 3. The van der Waals surface area contributed by atoms with E-state index in [1.807, 2.05) is 67.6 Å². The number of hydrogen-bond acceptors (Lipinski definition) is 4. The fourth-order valence-electron chi connectivity index (χ4n) is 3.30. The average molecular weight is 434 g/mol. The van der Waals surface area contributed by atoms with Gasteiger partial charge in [-0.2, -0.15) is 0 Å². The molecule has 0 radical (unpaired) electrons. The second kappa shape index (κ2) is 11.8. The molecule has 0 aliphatic heterocycles. The molecule has 5 nitrogen and oxygen atoms in total. The summed E-state index contributed by atoms with van der Waals surface area (Å²) in [6.45, 7) is 5.01. The molecule has 0 saturated carbocycles. The van der Waals surface area contributed by atoms with Gasteiger partial charge in [0.15, 0.2) is 17.6 Å². The molecule has 168 valence electrons. The van der Waals surface area contributed by atoms with E-state index in [0.717, 1.165) is 23.1 Å². The van der Waals surface area contributed by atoms with E-state index in [9.17, 15) is 4.79 Å². The third-order valence-corrected chi connectivity index (χ3v) is 5.06. The molecule has 1 unspecified atom stereocenters. The Bertz CT molecular complexity index is 986. The molecule has 32 heavy (non-hydrogen) atoms. The summed E-state index contributed by atoms with van der Waals surface area (Å²) >= 11 is 0. The predicted octanol–water partition coefficient (Wildman–Crippen LogP) is 5.62. The first-order chi connectivity index (χ1) is 15.6. The molecule has 0 aromatic heterocycles. The summed E-state index contributed by atoms with van der Waals surface area (Å²) in [6.07, 6.45) is 0.930. The lowest BCUT2D eigenvalue weighted by molar-refractivity contribution is -0.128. The van der Waals surface area contributed by atoms with Gasteiger partial charge in [0.25, 0.3) is 5.91 Å². The highest BCUT2D eigenvalue weighted by molar-refractivity contribution is 5.81. The SMILES string of the molecule is CCCOc1ccc(CNC(=O)C(CC)Oc2ccc(-c3ccccc3)cc2)cc1OC. The first kappa shape index (κ1) is 23.2. The normalized spacial score (nSPS) is 11.5. The number of rotatable bonds is 11. The molecule has 0 aliphatic carbocycles. The minimum atomic E-state index is -0.563. The van der Waals surface area contributed by atoms with Crippen molar-refractivity contribution < 1.29 is 19.0 Å². The monoisotopic (exact) mass is 433 g/mol. The standard InChI is InChI=1S/C27H31NO4/c1-4-17-31-25-16-11-20(18-26(25)30-3)19-28-27(29)24(5-2)32-23-14-12-22(13-15-23)21-9-7-6-8-10-21/h6-16,18,24H,4-5,17,19H2,1-3H3,(H,28,29). The van der Waals surface area contributed by atoms with Crippen LogP contribution >= 0.6 is 0 Å². The van der Waals surface area contributed by atoms with Crippen molar-refractivity contribution in [1.29, 1.82) is 0 Å². The third-order valence-electron chi connectivity index (χ3n) is 5.06. The Morgan fingerprint density at radius 1 is 0.906 bits per heavy atom. The first-order valence-electron chi connectivity index (χ1n) is 11.0. The Kier molecular flexibility index (Phi) is 8.55. The highest BCUT2D eigenvalue weighted by Gasteiger charge is 2.18. The van der Waals surface area contributed by atoms with E-state index in [2.05, 4.69) is 24.4 Å². The first-order valence-corrected chi connectivity index (χ1v) is 11.0. The zero-order chi connectivity index (χ0) is 22.8. The van der Waals surface area contributed by atoms with Gasteiger partial charge in [-0.15, -0.1) is 0 Å². The minimum absolute atomic E-state index is 0.148. The summed E-state index contributed by atoms with van der Waals surface area (Å²) in [5, 5.41) is 2.96. The fraction of sp³-hybridized carbons (Fsp3) is 0.296. The number of hydrogen-bond donors (Lipinski definition) is 1. The van der Waals surface area contributed by atoms with Gasteiger partial charge in [-0.25, -0.2) is 0 Å². The van der Waals surface area contributed by atoms with E-state index in [4.69, 9.17) is 14.2 Å². The molecule has 3 rings (SSSR count). The van der Waals surface area contributed by atoms with Gasteiger partial charge in [-0.1, -0.05) is 62.4 Å². The van der Waals surface area contributed by atoms with Crippen molar-refractivity contribution in [3.8, 4) is 28.4 Å². The van der Waals surface area contributed by atoms with Gasteiger partial charge in [-0.3, -0.25) is 4.79 Å². The summed E-state index contributed by atoms with van der Waals surface area (Å²) in [5.74, 6) is 1.89. The maximum atomic E-state index is 12.7. The van der Waals surface area contributed by atoms with Crippen molar-refractivity contribution in [2.24, 2.45) is 0 Å². The lowest BCUT2D eigenvalue weighted by Gasteiger charge is -2.18. The summed E-state index contributed by atoms with van der Waals surface area (Å²) < 4.78 is 17.1. The van der Waals surface area contributed by atoms with Gasteiger partial charge in [0.2, 0.25) is 0 Å². The summed E-state index contributed by atoms with van der Waals surface area (Å²) in [5.41, 5.74) is 3.18. The van der Waals surface area contributed by atoms with E-state index in [0.29, 0.717) is 36.8 Å². The molecule has 0 spiro atoms. The number of nitrogens with one attached hydrogen (secondary N) is 1. The van der Waals surface area contributed by atoms with Gasteiger partial charge in [-0.05, 0) is 53.8 Å². The largest absolute Gasteiger partial charge is 0.493 e. The highest BCUT2D eigenvalue weighted by atomic mass is 16.5. The van der Waals surface area contributed by atoms with Gasteiger partial charge in [0.1, 0.15) is 5.75 Å². The molecule has 1 amide bonds. The van der Waals surface area contributed by atoms with Crippen LogP contribution in [0.2, 0.25) is 0 Å². The number of carbonyl (C=O) groups excluding carboxylic acids is 1. The molecule has 0 fully saturated rings. The molecule has 3 aromatic rings. The van der Waals surface area contributed by atoms with Gasteiger partial charge in [0.05, 0.1) is 13.7 Å². The van der Waals surface area contributed by atoms with Gasteiger partial charge >= 0.3 is 0 Å². The van der Waals surface area contributed by atoms with Crippen LogP contribution in [0, 0.1) is 0 Å². The highest BCUT2D eigenvalue weighted by Crippen LogP contribution is 2.28. The van der Waals surface area contributed by atoms with Crippen LogP contribution in [0.4, 0.5) is 0 Å². The lowest BCUT2D eigenvalue weighted by Crippen LogP contribution is -2.37. The molecule has 0 aliphatic rings. The van der Waals surface area contributed by atoms with Crippen LogP contribution in [0.15, 0.2) is 72.8 Å². The second-order valence-corrected chi connectivity index (χ2v) is 7.46. The van der Waals surface area contributed by atoms with Gasteiger partial charge in [0, 0.05) is 6.54 Å². The van der Waals surface area contributed by atoms with Crippen molar-refractivity contribution in [3.63, 3.8) is 0 Å². The third kappa shape index (κ3) is 6.27. The average Bonchev–Trinajstić information content (AvgIpc) is 2.85. The molecule has 0 heterocycles. The van der Waals surface area contributed by atoms with Crippen LogP contribution in [-0.4, -0.2) is 25.7 Å². The van der Waals surface area contributed by atoms with E-state index in [1.165, 1.54) is 0 Å². The summed E-state index contributed by atoms with van der Waals surface area (Å²) in [6, 6.07) is 23.6. The van der Waals surface area contributed by atoms with Crippen molar-refractivity contribution in [2.75, 3.05) is 13.7 Å². The van der Waals surface area contributed by atoms with E-state index >= 15 is 0 Å². The maximum Gasteiger partial charge on any atom is 0.261 e. The molecule has 0 saturated heterocycles. The molecular weight excluding hydrogens is 402 g/mol. The molecular formula is C27H31NO4. The quantitative estimate of drug-likeness (QED) is 0.426. The molecule has 0 bridgehead atoms. The summed E-state index contributed by atoms with van der Waals surface area (Å²) in [4.78, 5) is 12.7. The molecule has 1 N–H and O–H groups in total. The van der Waals surface area contributed by atoms with Crippen LogP contribution < -0.4 is 19.5 Å². The van der Waals surface area contributed by atoms with Crippen LogP contribution in [0.3, 0.4) is 0 Å². The van der Waals surface area contributed by atoms with Crippen LogP contribution in [0.1, 0.15) is 32.3 Å². The number of benzene rings is 3. The Balaban J connectivity index is 1.58. The Morgan fingerprint density at radius 2 is 1.62 bits per heavy atom. The zero-order valence-electron chi connectivity index (χ0n) is 19.0. The fourth-order valence-corrected chi connectivity index (χ4v) is 3.30. The molecule has 5 heteroatoms.